The van der Waals surface area contributed by atoms with Crippen LogP contribution in [0.5, 0.6) is 0 Å². The van der Waals surface area contributed by atoms with Gasteiger partial charge in [-0.25, -0.2) is 0 Å². The Morgan fingerprint density at radius 2 is 1.56 bits per heavy atom. The van der Waals surface area contributed by atoms with E-state index >= 15 is 0 Å². The number of halogens is 1. The molecule has 2 heteroatoms. The Hall–Kier alpha value is -1.72. The van der Waals surface area contributed by atoms with Crippen molar-refractivity contribution in [3.8, 4) is 11.8 Å². The minimum atomic E-state index is 1.01. The van der Waals surface area contributed by atoms with E-state index in [0.29, 0.717) is 0 Å². The minimum absolute atomic E-state index is 1.01. The molecular formula is C16H14BrN. The molecule has 0 heterocycles. The predicted molar refractivity (Wildman–Crippen MR) is 80.9 cm³/mol. The fourth-order valence-electron chi connectivity index (χ4n) is 1.55. The number of anilines is 1. The fraction of sp³-hybridized carbons (Fsp3) is 0.125. The van der Waals surface area contributed by atoms with Crippen LogP contribution in [-0.4, -0.2) is 14.1 Å². The number of rotatable bonds is 1. The first-order valence-electron chi connectivity index (χ1n) is 5.70. The van der Waals surface area contributed by atoms with Crippen LogP contribution in [0, 0.1) is 11.8 Å². The molecule has 18 heavy (non-hydrogen) atoms. The van der Waals surface area contributed by atoms with Crippen molar-refractivity contribution in [3.05, 3.63) is 64.1 Å². The first kappa shape index (κ1) is 12.7. The second-order valence-corrected chi connectivity index (χ2v) is 5.12. The van der Waals surface area contributed by atoms with E-state index in [9.17, 15) is 0 Å². The third-order valence-corrected chi connectivity index (χ3v) is 3.05. The molecule has 1 nitrogen and oxygen atoms in total. The quantitative estimate of drug-likeness (QED) is 0.722. The van der Waals surface area contributed by atoms with Crippen molar-refractivity contribution in [3.63, 3.8) is 0 Å². The van der Waals surface area contributed by atoms with Gasteiger partial charge in [-0.15, -0.1) is 0 Å². The third-order valence-electron chi connectivity index (χ3n) is 2.56. The van der Waals surface area contributed by atoms with Crippen LogP contribution in [0.2, 0.25) is 0 Å². The predicted octanol–water partition coefficient (Wildman–Crippen LogP) is 3.91. The Kier molecular flexibility index (Phi) is 4.07. The molecular weight excluding hydrogens is 286 g/mol. The first-order valence-corrected chi connectivity index (χ1v) is 6.49. The van der Waals surface area contributed by atoms with Crippen molar-refractivity contribution >= 4 is 21.6 Å². The van der Waals surface area contributed by atoms with Crippen LogP contribution >= 0.6 is 15.9 Å². The summed E-state index contributed by atoms with van der Waals surface area (Å²) < 4.78 is 1.05. The van der Waals surface area contributed by atoms with Gasteiger partial charge in [-0.2, -0.15) is 0 Å². The van der Waals surface area contributed by atoms with Gasteiger partial charge in [-0.05, 0) is 42.5 Å². The van der Waals surface area contributed by atoms with Gasteiger partial charge in [0.15, 0.2) is 0 Å². The molecule has 0 fully saturated rings. The largest absolute Gasteiger partial charge is 0.378 e. The Balaban J connectivity index is 2.20. The number of benzene rings is 2. The lowest BCUT2D eigenvalue weighted by atomic mass is 10.1. The second-order valence-electron chi connectivity index (χ2n) is 4.20. The Bertz CT molecular complexity index is 588. The molecule has 0 N–H and O–H groups in total. The summed E-state index contributed by atoms with van der Waals surface area (Å²) in [6.45, 7) is 0. The molecule has 0 saturated carbocycles. The summed E-state index contributed by atoms with van der Waals surface area (Å²) in [5.41, 5.74) is 3.23. The van der Waals surface area contributed by atoms with E-state index in [-0.39, 0.29) is 0 Å². The molecule has 0 radical (unpaired) electrons. The van der Waals surface area contributed by atoms with E-state index < -0.39 is 0 Å². The fourth-order valence-corrected chi connectivity index (χ4v) is 1.95. The summed E-state index contributed by atoms with van der Waals surface area (Å²) in [6.07, 6.45) is 0. The molecule has 2 aromatic rings. The summed E-state index contributed by atoms with van der Waals surface area (Å²) >= 11 is 3.44. The maximum absolute atomic E-state index is 3.44. The third kappa shape index (κ3) is 3.38. The van der Waals surface area contributed by atoms with Gasteiger partial charge in [-0.1, -0.05) is 33.8 Å². The highest BCUT2D eigenvalue weighted by Gasteiger charge is 1.93. The van der Waals surface area contributed by atoms with Crippen molar-refractivity contribution in [1.82, 2.24) is 0 Å². The zero-order valence-electron chi connectivity index (χ0n) is 10.4. The maximum Gasteiger partial charge on any atom is 0.0361 e. The smallest absolute Gasteiger partial charge is 0.0361 e. The Labute approximate surface area is 117 Å². The summed E-state index contributed by atoms with van der Waals surface area (Å²) in [6, 6.07) is 16.2. The lowest BCUT2D eigenvalue weighted by Crippen LogP contribution is -2.07. The highest BCUT2D eigenvalue weighted by molar-refractivity contribution is 9.10. The van der Waals surface area contributed by atoms with E-state index in [1.807, 2.05) is 50.5 Å². The van der Waals surface area contributed by atoms with Crippen LogP contribution in [0.15, 0.2) is 53.0 Å². The highest BCUT2D eigenvalue weighted by Crippen LogP contribution is 2.13. The molecule has 0 aliphatic carbocycles. The lowest BCUT2D eigenvalue weighted by Gasteiger charge is -2.11. The van der Waals surface area contributed by atoms with Gasteiger partial charge >= 0.3 is 0 Å². The van der Waals surface area contributed by atoms with Crippen LogP contribution in [0.25, 0.3) is 0 Å². The van der Waals surface area contributed by atoms with Crippen LogP contribution in [0.1, 0.15) is 11.1 Å². The molecule has 0 saturated heterocycles. The highest BCUT2D eigenvalue weighted by atomic mass is 79.9. The summed E-state index contributed by atoms with van der Waals surface area (Å²) in [4.78, 5) is 2.07. The molecule has 0 amide bonds. The van der Waals surface area contributed by atoms with Crippen LogP contribution in [0.4, 0.5) is 5.69 Å². The molecule has 0 aliphatic heterocycles. The molecule has 0 atom stereocenters. The van der Waals surface area contributed by atoms with Gasteiger partial charge in [0, 0.05) is 35.4 Å². The van der Waals surface area contributed by atoms with Crippen LogP contribution in [-0.2, 0) is 0 Å². The summed E-state index contributed by atoms with van der Waals surface area (Å²) in [7, 11) is 4.06. The number of hydrogen-bond acceptors (Lipinski definition) is 1. The molecule has 90 valence electrons. The first-order chi connectivity index (χ1) is 8.65. The van der Waals surface area contributed by atoms with Crippen molar-refractivity contribution in [2.24, 2.45) is 0 Å². The lowest BCUT2D eigenvalue weighted by molar-refractivity contribution is 1.13. The number of nitrogens with zero attached hydrogens (tertiary/aromatic N) is 1. The Morgan fingerprint density at radius 1 is 0.889 bits per heavy atom. The van der Waals surface area contributed by atoms with E-state index in [2.05, 4.69) is 44.8 Å². The van der Waals surface area contributed by atoms with Crippen LogP contribution in [0.3, 0.4) is 0 Å². The monoisotopic (exact) mass is 299 g/mol. The zero-order valence-corrected chi connectivity index (χ0v) is 12.0. The topological polar surface area (TPSA) is 3.24 Å². The van der Waals surface area contributed by atoms with Crippen molar-refractivity contribution in [2.75, 3.05) is 19.0 Å². The van der Waals surface area contributed by atoms with Crippen molar-refractivity contribution < 1.29 is 0 Å². The van der Waals surface area contributed by atoms with Gasteiger partial charge in [-0.3, -0.25) is 0 Å². The maximum atomic E-state index is 3.44. The standard InChI is InChI=1S/C16H14BrN/c1-18(2)16-10-8-13(9-11-16)6-7-14-4-3-5-15(17)12-14/h3-5,8-12H,1-2H3. The van der Waals surface area contributed by atoms with Gasteiger partial charge in [0.1, 0.15) is 0 Å². The Morgan fingerprint density at radius 3 is 2.17 bits per heavy atom. The minimum Gasteiger partial charge on any atom is -0.378 e. The average molecular weight is 300 g/mol. The molecule has 2 aromatic carbocycles. The van der Waals surface area contributed by atoms with Crippen molar-refractivity contribution in [1.29, 1.82) is 0 Å². The molecule has 0 spiro atoms. The normalized spacial score (nSPS) is 9.50. The van der Waals surface area contributed by atoms with Crippen molar-refractivity contribution in [2.45, 2.75) is 0 Å². The molecule has 0 aromatic heterocycles. The summed E-state index contributed by atoms with van der Waals surface area (Å²) in [5.74, 6) is 6.32. The van der Waals surface area contributed by atoms with E-state index in [1.54, 1.807) is 0 Å². The van der Waals surface area contributed by atoms with E-state index in [0.717, 1.165) is 15.6 Å². The summed E-state index contributed by atoms with van der Waals surface area (Å²) in [5, 5.41) is 0. The van der Waals surface area contributed by atoms with E-state index in [1.165, 1.54) is 5.69 Å². The van der Waals surface area contributed by atoms with E-state index in [4.69, 9.17) is 0 Å². The van der Waals surface area contributed by atoms with Gasteiger partial charge < -0.3 is 4.90 Å². The van der Waals surface area contributed by atoms with Crippen LogP contribution < -0.4 is 4.90 Å². The second kappa shape index (κ2) is 5.75. The van der Waals surface area contributed by atoms with Gasteiger partial charge in [0.2, 0.25) is 0 Å². The average Bonchev–Trinajstić information content (AvgIpc) is 2.37. The molecule has 0 aliphatic rings. The molecule has 2 rings (SSSR count). The zero-order chi connectivity index (χ0) is 13.0. The molecule has 0 unspecified atom stereocenters. The molecule has 0 bridgehead atoms. The SMILES string of the molecule is CN(C)c1ccc(C#Cc2cccc(Br)c2)cc1. The van der Waals surface area contributed by atoms with Gasteiger partial charge in [0.25, 0.3) is 0 Å². The van der Waals surface area contributed by atoms with Gasteiger partial charge in [0.05, 0.1) is 0 Å². The number of hydrogen-bond donors (Lipinski definition) is 0.